The smallest absolute Gasteiger partial charge is 0.338 e. The Morgan fingerprint density at radius 2 is 0.966 bits per heavy atom. The summed E-state index contributed by atoms with van der Waals surface area (Å²) in [5.74, 6) is -1.23. The number of ketones is 1. The van der Waals surface area contributed by atoms with Crippen LogP contribution in [0.15, 0.2) is 152 Å². The van der Waals surface area contributed by atoms with E-state index in [-0.39, 0.29) is 81.8 Å². The monoisotopic (exact) mass is 1650 g/mol. The van der Waals surface area contributed by atoms with E-state index < -0.39 is 182 Å². The van der Waals surface area contributed by atoms with E-state index in [2.05, 4.69) is 43.9 Å². The van der Waals surface area contributed by atoms with Gasteiger partial charge in [-0.3, -0.25) is 19.1 Å². The van der Waals surface area contributed by atoms with Gasteiger partial charge in [0.25, 0.3) is 15.8 Å². The van der Waals surface area contributed by atoms with E-state index in [1.165, 1.54) is 31.2 Å². The number of nitro groups is 1. The molecule has 6 aliphatic rings. The third-order valence-electron chi connectivity index (χ3n) is 21.4. The number of fused-ring (bicyclic) bond motifs is 1. The average Bonchev–Trinajstić information content (AvgIpc) is 0.797. The lowest BCUT2D eigenvalue weighted by molar-refractivity contribution is -0.384. The Morgan fingerprint density at radius 3 is 1.54 bits per heavy atom. The number of Topliss-reactive ketones (excluding diaryl/α,β-unsaturated/α-hetero) is 1. The van der Waals surface area contributed by atoms with Crippen molar-refractivity contribution < 1.29 is 122 Å². The van der Waals surface area contributed by atoms with Crippen LogP contribution in [0, 0.1) is 10.1 Å². The molecule has 6 fully saturated rings. The number of ether oxygens (including phenoxy) is 18. The lowest BCUT2D eigenvalue weighted by Crippen LogP contribution is -2.57. The standard InChI is InChI=1S/C86H109NO27SSi/c1-52(88)25-38-74(89)106-68-36-39-75(99-53(68)2)108-73-49-80(104-58(7)84(73)114-115(94,95)43-41-59-27-30-65(31-28-59)87(92)93)110-72-48-79(103-57(6)83(72)113-86(91)63-22-15-12-16-23-63)107-69-37-40-76(100-54(69)3)111-81-55(4)102-78(46-70(81)97-50-60-26-29-61-19-17-18-24-64(61)45-60)109-71-47-77(101-56(5)82(71)112-85(90)62-20-13-11-14-21-62)105-67-34-32-66(33-35-67)98-51-96-42-44-116(8,9)10/h11-24,26-35,45,53-58,68-73,75-84H,25,36-44,46-51H2,1-10H3/t53-,54-,55+,56+,57+,58+,68-,69-,70+,71+,72+,73+,75-,76-,77-,78-,79+,80-,81+,82+,83+,84+/m0/s1. The number of hydrogen-bond donors (Lipinski definition) is 0. The normalized spacial score (nSPS) is 30.5. The molecule has 0 aliphatic carbocycles. The van der Waals surface area contributed by atoms with Crippen LogP contribution in [0.1, 0.15) is 145 Å². The molecule has 0 N–H and O–H groups in total. The molecular weight excluding hydrogens is 1540 g/mol. The SMILES string of the molecule is CC(=O)CCC(=O)O[C@H]1CC[C@H](O[C@@H]2C[C@H](O[C@@H]3C[C@@H](O[C@H]4CC[C@H](O[C@@H]5[C@@H](C)O[C@@H](O[C@@H]6C[C@H](Oc7ccc(OCOCC[Si](C)(C)C)cc7)O[C@H](C)[C@H]6OC(=O)c6ccccc6)C[C@H]5OCc5ccc6ccccc6c5)O[C@H]4C)O[C@H](C)[C@H]3OC(=O)c3ccccc3)O[C@H](C)[C@H]2OS(=O)(=O)CCc2ccc([N+](=O)[O-])cc2)O[C@H]1C. The van der Waals surface area contributed by atoms with Crippen molar-refractivity contribution in [2.24, 2.45) is 0 Å². The number of nitrogens with zero attached hydrogens (tertiary/aromatic N) is 1. The second-order valence-electron chi connectivity index (χ2n) is 31.8. The van der Waals surface area contributed by atoms with Crippen molar-refractivity contribution in [1.29, 1.82) is 0 Å². The molecule has 0 aromatic heterocycles. The summed E-state index contributed by atoms with van der Waals surface area (Å²) in [4.78, 5) is 63.1. The van der Waals surface area contributed by atoms with Gasteiger partial charge >= 0.3 is 17.9 Å². The predicted molar refractivity (Wildman–Crippen MR) is 423 cm³/mol. The van der Waals surface area contributed by atoms with Gasteiger partial charge in [-0.25, -0.2) is 9.59 Å². The van der Waals surface area contributed by atoms with Crippen molar-refractivity contribution in [2.75, 3.05) is 19.2 Å². The van der Waals surface area contributed by atoms with Gasteiger partial charge in [-0.15, -0.1) is 0 Å². The molecule has 6 aliphatic heterocycles. The van der Waals surface area contributed by atoms with Gasteiger partial charge in [0.15, 0.2) is 50.5 Å². The lowest BCUT2D eigenvalue weighted by atomic mass is 9.99. The fourth-order valence-corrected chi connectivity index (χ4v) is 17.0. The summed E-state index contributed by atoms with van der Waals surface area (Å²) < 4.78 is 151. The van der Waals surface area contributed by atoms with Crippen LogP contribution < -0.4 is 9.47 Å². The zero-order valence-electron chi connectivity index (χ0n) is 67.3. The Morgan fingerprint density at radius 1 is 0.483 bits per heavy atom. The van der Waals surface area contributed by atoms with Gasteiger partial charge in [0.2, 0.25) is 6.29 Å². The number of rotatable bonds is 35. The van der Waals surface area contributed by atoms with E-state index in [0.717, 1.165) is 22.4 Å². The number of benzene rings is 6. The average molecular weight is 1650 g/mol. The van der Waals surface area contributed by atoms with Crippen LogP contribution in [0.3, 0.4) is 0 Å². The van der Waals surface area contributed by atoms with Gasteiger partial charge in [0.1, 0.15) is 47.8 Å². The molecule has 22 atom stereocenters. The summed E-state index contributed by atoms with van der Waals surface area (Å²) in [6.07, 6.45) is -17.0. The fourth-order valence-electron chi connectivity index (χ4n) is 15.1. The molecule has 0 spiro atoms. The molecular formula is C86H109NO27SSi. The molecule has 0 amide bonds. The van der Waals surface area contributed by atoms with Crippen molar-refractivity contribution in [3.63, 3.8) is 0 Å². The van der Waals surface area contributed by atoms with E-state index in [4.69, 9.17) is 89.4 Å². The number of aryl methyl sites for hydroxylation is 1. The predicted octanol–water partition coefficient (Wildman–Crippen LogP) is 13.6. The maximum atomic E-state index is 14.0. The number of non-ortho nitro benzene ring substituents is 1. The van der Waals surface area contributed by atoms with Crippen LogP contribution in [0.25, 0.3) is 10.8 Å². The van der Waals surface area contributed by atoms with Gasteiger partial charge < -0.3 is 90.1 Å². The van der Waals surface area contributed by atoms with Crippen LogP contribution >= 0.6 is 0 Å². The second-order valence-corrected chi connectivity index (χ2v) is 39.2. The Hall–Kier alpha value is -7.73. The fraction of sp³-hybridized carbons (Fsp3) is 0.558. The molecule has 12 rings (SSSR count). The van der Waals surface area contributed by atoms with Crippen molar-refractivity contribution in [1.82, 2.24) is 0 Å². The van der Waals surface area contributed by atoms with E-state index in [1.807, 2.05) is 45.0 Å². The molecule has 630 valence electrons. The molecule has 0 radical (unpaired) electrons. The molecule has 6 aromatic rings. The van der Waals surface area contributed by atoms with Crippen LogP contribution in [0.4, 0.5) is 5.69 Å². The summed E-state index contributed by atoms with van der Waals surface area (Å²) in [5, 5.41) is 13.5. The first-order chi connectivity index (χ1) is 55.6. The first kappa shape index (κ1) is 87.6. The third-order valence-corrected chi connectivity index (χ3v) is 24.4. The summed E-state index contributed by atoms with van der Waals surface area (Å²) in [6, 6.07) is 45.3. The summed E-state index contributed by atoms with van der Waals surface area (Å²) in [5.41, 5.74) is 1.97. The van der Waals surface area contributed by atoms with Gasteiger partial charge in [-0.2, -0.15) is 8.42 Å². The Labute approximate surface area is 678 Å². The molecule has 6 heterocycles. The minimum atomic E-state index is -4.35. The number of nitro benzene ring substituents is 1. The molecule has 116 heavy (non-hydrogen) atoms. The number of esters is 3. The van der Waals surface area contributed by atoms with Gasteiger partial charge in [0.05, 0.1) is 89.8 Å². The maximum Gasteiger partial charge on any atom is 0.338 e. The van der Waals surface area contributed by atoms with Crippen molar-refractivity contribution in [3.8, 4) is 11.5 Å². The molecule has 0 unspecified atom stereocenters. The van der Waals surface area contributed by atoms with E-state index >= 15 is 0 Å². The topological polar surface area (TPSA) is 321 Å². The second kappa shape index (κ2) is 40.8. The largest absolute Gasteiger partial charge is 0.468 e. The molecule has 0 saturated carbocycles. The van der Waals surface area contributed by atoms with Gasteiger partial charge in [-0.1, -0.05) is 105 Å². The van der Waals surface area contributed by atoms with Crippen LogP contribution in [-0.2, 0) is 113 Å². The van der Waals surface area contributed by atoms with E-state index in [1.54, 1.807) is 99.6 Å². The Balaban J connectivity index is 0.725. The maximum absolute atomic E-state index is 14.0. The van der Waals surface area contributed by atoms with Crippen LogP contribution in [0.5, 0.6) is 11.5 Å². The first-order valence-electron chi connectivity index (χ1n) is 40.2. The summed E-state index contributed by atoms with van der Waals surface area (Å²) >= 11 is 0. The van der Waals surface area contributed by atoms with Crippen molar-refractivity contribution >= 4 is 58.3 Å². The summed E-state index contributed by atoms with van der Waals surface area (Å²) in [6.45, 7) is 20.0. The van der Waals surface area contributed by atoms with Gasteiger partial charge in [-0.05, 0) is 150 Å². The number of carbonyl (C=O) groups excluding carboxylic acids is 4. The quantitative estimate of drug-likeness (QED) is 0.00521. The minimum Gasteiger partial charge on any atom is -0.468 e. The molecule has 6 aromatic carbocycles. The third kappa shape index (κ3) is 25.2. The molecule has 6 saturated heterocycles. The minimum absolute atomic E-state index is 0.0130. The van der Waals surface area contributed by atoms with Crippen LogP contribution in [0.2, 0.25) is 25.7 Å². The molecule has 28 nitrogen and oxygen atoms in total. The highest BCUT2D eigenvalue weighted by Gasteiger charge is 2.51. The van der Waals surface area contributed by atoms with E-state index in [0.29, 0.717) is 48.5 Å². The van der Waals surface area contributed by atoms with Gasteiger partial charge in [0, 0.05) is 71.8 Å². The summed E-state index contributed by atoms with van der Waals surface area (Å²) in [7, 11) is -5.61. The zero-order chi connectivity index (χ0) is 82.2. The van der Waals surface area contributed by atoms with Crippen LogP contribution in [-0.4, -0.2) is 200 Å². The first-order valence-corrected chi connectivity index (χ1v) is 45.5. The van der Waals surface area contributed by atoms with Crippen molar-refractivity contribution in [2.45, 2.75) is 287 Å². The Kier molecular flexibility index (Phi) is 30.8. The Bertz CT molecular complexity index is 4290. The number of hydrogen-bond acceptors (Lipinski definition) is 27. The molecule has 30 heteroatoms. The highest BCUT2D eigenvalue weighted by Crippen LogP contribution is 2.40. The highest BCUT2D eigenvalue weighted by atomic mass is 32.2. The van der Waals surface area contributed by atoms with E-state index in [9.17, 15) is 37.7 Å². The van der Waals surface area contributed by atoms with Crippen molar-refractivity contribution in [3.05, 3.63) is 184 Å². The highest BCUT2D eigenvalue weighted by molar-refractivity contribution is 7.86. The molecule has 0 bridgehead atoms. The zero-order valence-corrected chi connectivity index (χ0v) is 69.1. The lowest BCUT2D eigenvalue weighted by Gasteiger charge is -2.46. The number of carbonyl (C=O) groups is 4.